The molecule has 1 aromatic carbocycles. The third kappa shape index (κ3) is 2.24. The monoisotopic (exact) mass is 251 g/mol. The van der Waals surface area contributed by atoms with Gasteiger partial charge in [-0.1, -0.05) is 26.7 Å². The summed E-state index contributed by atoms with van der Waals surface area (Å²) in [6, 6.07) is 3.06. The maximum Gasteiger partial charge on any atom is 0.127 e. The van der Waals surface area contributed by atoms with Crippen molar-refractivity contribution < 1.29 is 9.13 Å². The zero-order valence-electron chi connectivity index (χ0n) is 11.4. The van der Waals surface area contributed by atoms with Gasteiger partial charge in [-0.3, -0.25) is 0 Å². The minimum atomic E-state index is -0.380. The van der Waals surface area contributed by atoms with Gasteiger partial charge in [0, 0.05) is 17.2 Å². The van der Waals surface area contributed by atoms with E-state index in [0.717, 1.165) is 36.8 Å². The first-order chi connectivity index (χ1) is 8.48. The molecule has 0 saturated heterocycles. The van der Waals surface area contributed by atoms with Gasteiger partial charge in [-0.15, -0.1) is 0 Å². The van der Waals surface area contributed by atoms with Gasteiger partial charge >= 0.3 is 0 Å². The van der Waals surface area contributed by atoms with Gasteiger partial charge in [0.2, 0.25) is 0 Å². The fourth-order valence-electron chi connectivity index (χ4n) is 3.04. The summed E-state index contributed by atoms with van der Waals surface area (Å²) in [4.78, 5) is 0. The average Bonchev–Trinajstić information content (AvgIpc) is 2.75. The summed E-state index contributed by atoms with van der Waals surface area (Å²) in [5.74, 6) is 0.635. The molecule has 3 heteroatoms. The van der Waals surface area contributed by atoms with Crippen LogP contribution in [0.25, 0.3) is 0 Å². The summed E-state index contributed by atoms with van der Waals surface area (Å²) >= 11 is 0. The van der Waals surface area contributed by atoms with E-state index in [4.69, 9.17) is 10.5 Å². The number of hydrogen-bond acceptors (Lipinski definition) is 2. The topological polar surface area (TPSA) is 35.2 Å². The molecule has 1 aliphatic rings. The molecular formula is C15H22FNO. The van der Waals surface area contributed by atoms with Crippen LogP contribution in [0, 0.1) is 5.82 Å². The lowest BCUT2D eigenvalue weighted by Gasteiger charge is -2.29. The first kappa shape index (κ1) is 13.3. The van der Waals surface area contributed by atoms with Crippen LogP contribution in [0.1, 0.15) is 56.6 Å². The summed E-state index contributed by atoms with van der Waals surface area (Å²) in [5, 5.41) is 0. The van der Waals surface area contributed by atoms with Gasteiger partial charge in [-0.05, 0) is 30.4 Å². The van der Waals surface area contributed by atoms with Crippen molar-refractivity contribution >= 4 is 0 Å². The molecule has 1 aliphatic carbocycles. The molecule has 0 aliphatic heterocycles. The molecule has 18 heavy (non-hydrogen) atoms. The standard InChI is InChI=1S/C15H22FNO/c1-10(2)14-12(15(17)6-4-5-7-15)8-11(16)9-13(14)18-3/h8-10H,4-7,17H2,1-3H3. The Morgan fingerprint density at radius 1 is 1.28 bits per heavy atom. The molecular weight excluding hydrogens is 229 g/mol. The molecule has 1 fully saturated rings. The van der Waals surface area contributed by atoms with Crippen LogP contribution in [0.2, 0.25) is 0 Å². The minimum absolute atomic E-state index is 0.261. The van der Waals surface area contributed by atoms with E-state index in [1.54, 1.807) is 13.2 Å². The smallest absolute Gasteiger partial charge is 0.127 e. The van der Waals surface area contributed by atoms with Gasteiger partial charge < -0.3 is 10.5 Å². The SMILES string of the molecule is COc1cc(F)cc(C2(N)CCCC2)c1C(C)C. The molecule has 0 radical (unpaired) electrons. The van der Waals surface area contributed by atoms with Crippen molar-refractivity contribution in [1.82, 2.24) is 0 Å². The van der Waals surface area contributed by atoms with Crippen molar-refractivity contribution in [2.45, 2.75) is 51.0 Å². The highest BCUT2D eigenvalue weighted by Crippen LogP contribution is 2.43. The van der Waals surface area contributed by atoms with Crippen LogP contribution in [-0.2, 0) is 5.54 Å². The molecule has 0 unspecified atom stereocenters. The Bertz CT molecular complexity index is 436. The Morgan fingerprint density at radius 3 is 2.39 bits per heavy atom. The van der Waals surface area contributed by atoms with Crippen molar-refractivity contribution in [3.05, 3.63) is 29.1 Å². The Kier molecular flexibility index (Phi) is 3.62. The molecule has 2 rings (SSSR count). The molecule has 0 atom stereocenters. The van der Waals surface area contributed by atoms with Crippen molar-refractivity contribution in [1.29, 1.82) is 0 Å². The number of ether oxygens (including phenoxy) is 1. The van der Waals surface area contributed by atoms with E-state index in [-0.39, 0.29) is 17.3 Å². The molecule has 1 saturated carbocycles. The Labute approximate surface area is 108 Å². The predicted molar refractivity (Wildman–Crippen MR) is 71.4 cm³/mol. The Balaban J connectivity index is 2.60. The lowest BCUT2D eigenvalue weighted by molar-refractivity contribution is 0.393. The number of methoxy groups -OCH3 is 1. The summed E-state index contributed by atoms with van der Waals surface area (Å²) in [6.07, 6.45) is 4.10. The third-order valence-electron chi connectivity index (χ3n) is 3.94. The fraction of sp³-hybridized carbons (Fsp3) is 0.600. The molecule has 0 amide bonds. The molecule has 100 valence electrons. The normalized spacial score (nSPS) is 18.3. The van der Waals surface area contributed by atoms with E-state index < -0.39 is 0 Å². The Hall–Kier alpha value is -1.09. The maximum atomic E-state index is 13.7. The zero-order valence-corrected chi connectivity index (χ0v) is 11.4. The molecule has 0 heterocycles. The Morgan fingerprint density at radius 2 is 1.89 bits per heavy atom. The third-order valence-corrected chi connectivity index (χ3v) is 3.94. The van der Waals surface area contributed by atoms with E-state index in [9.17, 15) is 4.39 Å². The largest absolute Gasteiger partial charge is 0.496 e. The number of nitrogens with two attached hydrogens (primary N) is 1. The first-order valence-corrected chi connectivity index (χ1v) is 6.65. The van der Waals surface area contributed by atoms with Crippen molar-refractivity contribution in [2.24, 2.45) is 5.73 Å². The molecule has 1 aromatic rings. The number of rotatable bonds is 3. The van der Waals surface area contributed by atoms with Gasteiger partial charge in [0.15, 0.2) is 0 Å². The second-order valence-corrected chi connectivity index (χ2v) is 5.59. The van der Waals surface area contributed by atoms with Gasteiger partial charge in [0.05, 0.1) is 7.11 Å². The average molecular weight is 251 g/mol. The fourth-order valence-corrected chi connectivity index (χ4v) is 3.04. The lowest BCUT2D eigenvalue weighted by Crippen LogP contribution is -2.34. The van der Waals surface area contributed by atoms with Gasteiger partial charge in [-0.2, -0.15) is 0 Å². The number of halogens is 1. The van der Waals surface area contributed by atoms with Crippen LogP contribution in [0.15, 0.2) is 12.1 Å². The van der Waals surface area contributed by atoms with Crippen LogP contribution >= 0.6 is 0 Å². The summed E-state index contributed by atoms with van der Waals surface area (Å²) in [6.45, 7) is 4.19. The highest BCUT2D eigenvalue weighted by atomic mass is 19.1. The lowest BCUT2D eigenvalue weighted by atomic mass is 9.82. The van der Waals surface area contributed by atoms with Crippen LogP contribution in [0.3, 0.4) is 0 Å². The van der Waals surface area contributed by atoms with Crippen LogP contribution < -0.4 is 10.5 Å². The molecule has 0 spiro atoms. The van der Waals surface area contributed by atoms with E-state index >= 15 is 0 Å². The van der Waals surface area contributed by atoms with Crippen LogP contribution in [0.5, 0.6) is 5.75 Å². The highest BCUT2D eigenvalue weighted by Gasteiger charge is 2.35. The summed E-state index contributed by atoms with van der Waals surface area (Å²) in [5.41, 5.74) is 8.10. The molecule has 2 N–H and O–H groups in total. The highest BCUT2D eigenvalue weighted by molar-refractivity contribution is 5.46. The van der Waals surface area contributed by atoms with Crippen molar-refractivity contribution in [3.63, 3.8) is 0 Å². The summed E-state index contributed by atoms with van der Waals surface area (Å²) < 4.78 is 19.1. The van der Waals surface area contributed by atoms with E-state index in [2.05, 4.69) is 13.8 Å². The van der Waals surface area contributed by atoms with E-state index in [0.29, 0.717) is 5.75 Å². The molecule has 2 nitrogen and oxygen atoms in total. The number of hydrogen-bond donors (Lipinski definition) is 1. The number of benzene rings is 1. The molecule has 0 aromatic heterocycles. The van der Waals surface area contributed by atoms with Crippen LogP contribution in [-0.4, -0.2) is 7.11 Å². The van der Waals surface area contributed by atoms with Gasteiger partial charge in [0.1, 0.15) is 11.6 Å². The predicted octanol–water partition coefficient (Wildman–Crippen LogP) is 3.69. The van der Waals surface area contributed by atoms with Gasteiger partial charge in [-0.25, -0.2) is 4.39 Å². The van der Waals surface area contributed by atoms with Crippen molar-refractivity contribution in [3.8, 4) is 5.75 Å². The second kappa shape index (κ2) is 4.88. The van der Waals surface area contributed by atoms with E-state index in [1.165, 1.54) is 6.07 Å². The quantitative estimate of drug-likeness (QED) is 0.889. The van der Waals surface area contributed by atoms with E-state index in [1.807, 2.05) is 0 Å². The van der Waals surface area contributed by atoms with Crippen LogP contribution in [0.4, 0.5) is 4.39 Å². The van der Waals surface area contributed by atoms with Crippen molar-refractivity contribution in [2.75, 3.05) is 7.11 Å². The minimum Gasteiger partial charge on any atom is -0.496 e. The molecule has 0 bridgehead atoms. The summed E-state index contributed by atoms with van der Waals surface area (Å²) in [7, 11) is 1.59. The zero-order chi connectivity index (χ0) is 13.3. The van der Waals surface area contributed by atoms with Gasteiger partial charge in [0.25, 0.3) is 0 Å². The second-order valence-electron chi connectivity index (χ2n) is 5.59. The maximum absolute atomic E-state index is 13.7. The first-order valence-electron chi connectivity index (χ1n) is 6.65.